The molecule has 0 spiro atoms. The molecule has 2 amide bonds. The van der Waals surface area contributed by atoms with Crippen molar-refractivity contribution in [2.75, 3.05) is 7.11 Å². The number of ether oxygens (including phenoxy) is 1. The first kappa shape index (κ1) is 11.2. The lowest BCUT2D eigenvalue weighted by molar-refractivity contribution is -0.138. The zero-order chi connectivity index (χ0) is 10.6. The largest absolute Gasteiger partial charge is 0.465 e. The zero-order valence-corrected chi connectivity index (χ0v) is 7.29. The van der Waals surface area contributed by atoms with Gasteiger partial charge in [-0.1, -0.05) is 0 Å². The van der Waals surface area contributed by atoms with Gasteiger partial charge < -0.3 is 16.2 Å². The van der Waals surface area contributed by atoms with Crippen LogP contribution in [0.15, 0.2) is 11.1 Å². The Morgan fingerprint density at radius 3 is 1.77 bits per heavy atom. The molecule has 0 heterocycles. The second-order valence-corrected chi connectivity index (χ2v) is 2.22. The second-order valence-electron chi connectivity index (χ2n) is 2.22. The average molecular weight is 186 g/mol. The van der Waals surface area contributed by atoms with Crippen LogP contribution in [-0.2, 0) is 19.1 Å². The summed E-state index contributed by atoms with van der Waals surface area (Å²) in [6.45, 7) is 1.22. The lowest BCUT2D eigenvalue weighted by atomic mass is 10.1. The van der Waals surface area contributed by atoms with E-state index in [-0.39, 0.29) is 5.57 Å². The Hall–Kier alpha value is -1.85. The number of nitrogens with two attached hydrogens (primary N) is 2. The van der Waals surface area contributed by atoms with Crippen LogP contribution in [0.5, 0.6) is 0 Å². The molecule has 72 valence electrons. The third-order valence-corrected chi connectivity index (χ3v) is 1.38. The topological polar surface area (TPSA) is 112 Å². The lowest BCUT2D eigenvalue weighted by Crippen LogP contribution is -2.27. The van der Waals surface area contributed by atoms with Gasteiger partial charge in [0.05, 0.1) is 7.11 Å². The summed E-state index contributed by atoms with van der Waals surface area (Å²) >= 11 is 0. The van der Waals surface area contributed by atoms with Gasteiger partial charge in [-0.25, -0.2) is 4.79 Å². The highest BCUT2D eigenvalue weighted by Crippen LogP contribution is 2.04. The van der Waals surface area contributed by atoms with Crippen molar-refractivity contribution in [1.29, 1.82) is 0 Å². The van der Waals surface area contributed by atoms with Gasteiger partial charge in [-0.15, -0.1) is 0 Å². The highest BCUT2D eigenvalue weighted by Gasteiger charge is 2.21. The second kappa shape index (κ2) is 4.24. The van der Waals surface area contributed by atoms with Crippen LogP contribution in [-0.4, -0.2) is 24.9 Å². The number of carbonyl (C=O) groups is 3. The van der Waals surface area contributed by atoms with Crippen LogP contribution in [0.2, 0.25) is 0 Å². The molecule has 6 nitrogen and oxygen atoms in total. The minimum Gasteiger partial charge on any atom is -0.465 e. The van der Waals surface area contributed by atoms with Gasteiger partial charge in [0, 0.05) is 5.57 Å². The molecule has 0 aromatic heterocycles. The predicted octanol–water partition coefficient (Wildman–Crippen LogP) is -1.55. The van der Waals surface area contributed by atoms with E-state index in [1.165, 1.54) is 6.92 Å². The maximum Gasteiger partial charge on any atom is 0.343 e. The van der Waals surface area contributed by atoms with Crippen LogP contribution in [0.3, 0.4) is 0 Å². The SMILES string of the molecule is COC(=O)/C(C(N)=O)=C(/C)C(N)=O. The van der Waals surface area contributed by atoms with E-state index in [1.807, 2.05) is 0 Å². The number of hydrogen-bond acceptors (Lipinski definition) is 4. The van der Waals surface area contributed by atoms with Crippen LogP contribution in [0.1, 0.15) is 6.92 Å². The van der Waals surface area contributed by atoms with E-state index >= 15 is 0 Å². The average Bonchev–Trinajstić information content (AvgIpc) is 2.03. The van der Waals surface area contributed by atoms with Crippen molar-refractivity contribution in [2.45, 2.75) is 6.92 Å². The number of esters is 1. The Bertz CT molecular complexity index is 293. The Balaban J connectivity index is 5.25. The van der Waals surface area contributed by atoms with Gasteiger partial charge in [0.15, 0.2) is 0 Å². The number of carbonyl (C=O) groups excluding carboxylic acids is 3. The van der Waals surface area contributed by atoms with Gasteiger partial charge >= 0.3 is 5.97 Å². The maximum atomic E-state index is 10.9. The first-order valence-corrected chi connectivity index (χ1v) is 3.30. The fourth-order valence-electron chi connectivity index (χ4n) is 0.664. The summed E-state index contributed by atoms with van der Waals surface area (Å²) in [6.07, 6.45) is 0. The fourth-order valence-corrected chi connectivity index (χ4v) is 0.664. The summed E-state index contributed by atoms with van der Waals surface area (Å²) in [4.78, 5) is 32.2. The van der Waals surface area contributed by atoms with Gasteiger partial charge in [-0.05, 0) is 6.92 Å². The van der Waals surface area contributed by atoms with Crippen molar-refractivity contribution in [3.8, 4) is 0 Å². The van der Waals surface area contributed by atoms with E-state index in [0.717, 1.165) is 7.11 Å². The first-order chi connectivity index (χ1) is 5.91. The number of amides is 2. The lowest BCUT2D eigenvalue weighted by Gasteiger charge is -2.03. The van der Waals surface area contributed by atoms with Gasteiger partial charge in [-0.3, -0.25) is 9.59 Å². The molecular formula is C7H10N2O4. The van der Waals surface area contributed by atoms with Crippen LogP contribution in [0.25, 0.3) is 0 Å². The third kappa shape index (κ3) is 2.58. The van der Waals surface area contributed by atoms with Crippen LogP contribution in [0, 0.1) is 0 Å². The molecule has 0 saturated carbocycles. The Morgan fingerprint density at radius 2 is 1.54 bits per heavy atom. The molecule has 0 radical (unpaired) electrons. The highest BCUT2D eigenvalue weighted by molar-refractivity contribution is 6.20. The molecule has 13 heavy (non-hydrogen) atoms. The van der Waals surface area contributed by atoms with Gasteiger partial charge in [0.1, 0.15) is 5.57 Å². The summed E-state index contributed by atoms with van der Waals surface area (Å²) in [6, 6.07) is 0. The highest BCUT2D eigenvalue weighted by atomic mass is 16.5. The van der Waals surface area contributed by atoms with Crippen molar-refractivity contribution in [1.82, 2.24) is 0 Å². The number of hydrogen-bond donors (Lipinski definition) is 2. The molecule has 0 atom stereocenters. The standard InChI is InChI=1S/C7H10N2O4/c1-3(5(8)10)4(6(9)11)7(12)13-2/h1-2H3,(H2,8,10)(H2,9,11)/b4-3-. The van der Waals surface area contributed by atoms with E-state index < -0.39 is 23.4 Å². The summed E-state index contributed by atoms with van der Waals surface area (Å²) in [7, 11) is 1.07. The predicted molar refractivity (Wildman–Crippen MR) is 43.1 cm³/mol. The molecule has 0 unspecified atom stereocenters. The molecule has 0 rings (SSSR count). The molecular weight excluding hydrogens is 176 g/mol. The van der Waals surface area contributed by atoms with Crippen LogP contribution >= 0.6 is 0 Å². The molecule has 4 N–H and O–H groups in total. The third-order valence-electron chi connectivity index (χ3n) is 1.38. The Kier molecular flexibility index (Phi) is 3.64. The number of rotatable bonds is 3. The van der Waals surface area contributed by atoms with Gasteiger partial charge in [-0.2, -0.15) is 0 Å². The Labute approximate surface area is 74.5 Å². The summed E-state index contributed by atoms with van der Waals surface area (Å²) < 4.78 is 4.24. The molecule has 0 aliphatic rings. The number of methoxy groups -OCH3 is 1. The fraction of sp³-hybridized carbons (Fsp3) is 0.286. The maximum absolute atomic E-state index is 10.9. The van der Waals surface area contributed by atoms with Crippen LogP contribution < -0.4 is 11.5 Å². The monoisotopic (exact) mass is 186 g/mol. The summed E-state index contributed by atoms with van der Waals surface area (Å²) in [5.74, 6) is -2.90. The van der Waals surface area contributed by atoms with Crippen molar-refractivity contribution in [3.63, 3.8) is 0 Å². The minimum atomic E-state index is -1.04. The van der Waals surface area contributed by atoms with Gasteiger partial charge in [0.25, 0.3) is 5.91 Å². The van der Waals surface area contributed by atoms with E-state index in [2.05, 4.69) is 4.74 Å². The minimum absolute atomic E-state index is 0.209. The molecule has 0 aromatic rings. The van der Waals surface area contributed by atoms with Crippen molar-refractivity contribution >= 4 is 17.8 Å². The van der Waals surface area contributed by atoms with E-state index in [4.69, 9.17) is 11.5 Å². The zero-order valence-electron chi connectivity index (χ0n) is 7.29. The summed E-state index contributed by atoms with van der Waals surface area (Å²) in [5.41, 5.74) is 8.97. The molecule has 0 fully saturated rings. The van der Waals surface area contributed by atoms with Crippen molar-refractivity contribution < 1.29 is 19.1 Å². The molecule has 0 bridgehead atoms. The normalized spacial score (nSPS) is 11.5. The molecule has 0 aromatic carbocycles. The molecule has 0 aliphatic carbocycles. The van der Waals surface area contributed by atoms with E-state index in [9.17, 15) is 14.4 Å². The van der Waals surface area contributed by atoms with Crippen molar-refractivity contribution in [3.05, 3.63) is 11.1 Å². The quantitative estimate of drug-likeness (QED) is 0.240. The first-order valence-electron chi connectivity index (χ1n) is 3.30. The molecule has 0 aliphatic heterocycles. The Morgan fingerprint density at radius 1 is 1.08 bits per heavy atom. The summed E-state index contributed by atoms with van der Waals surface area (Å²) in [5, 5.41) is 0. The molecule has 0 saturated heterocycles. The van der Waals surface area contributed by atoms with Crippen LogP contribution in [0.4, 0.5) is 0 Å². The van der Waals surface area contributed by atoms with Crippen molar-refractivity contribution in [2.24, 2.45) is 11.5 Å². The smallest absolute Gasteiger partial charge is 0.343 e. The van der Waals surface area contributed by atoms with E-state index in [1.54, 1.807) is 0 Å². The van der Waals surface area contributed by atoms with Gasteiger partial charge in [0.2, 0.25) is 5.91 Å². The molecule has 6 heteroatoms. The van der Waals surface area contributed by atoms with E-state index in [0.29, 0.717) is 0 Å². The number of primary amides is 2.